The van der Waals surface area contributed by atoms with Crippen molar-refractivity contribution in [2.75, 3.05) is 11.9 Å². The van der Waals surface area contributed by atoms with Crippen molar-refractivity contribution in [1.29, 1.82) is 0 Å². The Bertz CT molecular complexity index is 899. The number of rotatable bonds is 3. The maximum atomic E-state index is 12.5. The van der Waals surface area contributed by atoms with Crippen LogP contribution in [0.4, 0.5) is 10.5 Å². The number of nitrogens with one attached hydrogen (secondary N) is 2. The van der Waals surface area contributed by atoms with Gasteiger partial charge in [0.25, 0.3) is 12.1 Å². The zero-order chi connectivity index (χ0) is 18.7. The third-order valence-electron chi connectivity index (χ3n) is 3.63. The minimum atomic E-state index is -1.36. The fourth-order valence-corrected chi connectivity index (χ4v) is 2.89. The minimum absolute atomic E-state index is 0.365. The maximum Gasteiger partial charge on any atom is 0.409 e. The molecule has 1 unspecified atom stereocenters. The maximum absolute atomic E-state index is 12.5. The summed E-state index contributed by atoms with van der Waals surface area (Å²) in [6.45, 7) is 2.11. The number of alkyl carbamates (subject to hydrolysis) is 1. The van der Waals surface area contributed by atoms with Gasteiger partial charge in [0, 0.05) is 27.7 Å². The Hall–Kier alpha value is -2.57. The van der Waals surface area contributed by atoms with E-state index in [9.17, 15) is 9.59 Å². The highest BCUT2D eigenvalue weighted by atomic mass is 35.5. The summed E-state index contributed by atoms with van der Waals surface area (Å²) in [5, 5.41) is 6.10. The molecule has 3 rings (SSSR count). The number of benzodiazepines with no additional fused rings is 1. The molecular formula is C18H15Cl2N3O3. The van der Waals surface area contributed by atoms with Crippen molar-refractivity contribution >= 4 is 46.6 Å². The van der Waals surface area contributed by atoms with Crippen LogP contribution in [0.1, 0.15) is 18.1 Å². The molecule has 26 heavy (non-hydrogen) atoms. The Balaban J connectivity index is 2.13. The number of fused-ring (bicyclic) bond motifs is 1. The lowest BCUT2D eigenvalue weighted by Gasteiger charge is -2.13. The minimum Gasteiger partial charge on any atom is -0.414 e. The lowest BCUT2D eigenvalue weighted by atomic mass is 10.0. The smallest absolute Gasteiger partial charge is 0.409 e. The predicted molar refractivity (Wildman–Crippen MR) is 101 cm³/mol. The highest BCUT2D eigenvalue weighted by molar-refractivity contribution is 6.37. The molecule has 0 aromatic heterocycles. The molecule has 2 aromatic carbocycles. The van der Waals surface area contributed by atoms with Gasteiger partial charge < -0.3 is 15.4 Å². The Morgan fingerprint density at radius 1 is 1.23 bits per heavy atom. The van der Waals surface area contributed by atoms with Crippen LogP contribution in [0.25, 0.3) is 0 Å². The second kappa shape index (κ2) is 7.76. The van der Waals surface area contributed by atoms with Crippen LogP contribution in [-0.4, -0.2) is 30.5 Å². The summed E-state index contributed by atoms with van der Waals surface area (Å²) in [7, 11) is 0. The van der Waals surface area contributed by atoms with Gasteiger partial charge in [-0.2, -0.15) is 0 Å². The molecule has 1 aliphatic heterocycles. The summed E-state index contributed by atoms with van der Waals surface area (Å²) in [5.74, 6) is -0.568. The Kier molecular flexibility index (Phi) is 5.44. The second-order valence-electron chi connectivity index (χ2n) is 5.42. The van der Waals surface area contributed by atoms with Crippen molar-refractivity contribution in [2.45, 2.75) is 13.2 Å². The van der Waals surface area contributed by atoms with Crippen LogP contribution in [0.2, 0.25) is 10.0 Å². The molecule has 0 radical (unpaired) electrons. The van der Waals surface area contributed by atoms with Crippen LogP contribution >= 0.6 is 23.2 Å². The van der Waals surface area contributed by atoms with Crippen molar-refractivity contribution < 1.29 is 14.3 Å². The van der Waals surface area contributed by atoms with Crippen LogP contribution in [0, 0.1) is 0 Å². The number of aliphatic imine (C=N–C) groups is 1. The number of ether oxygens (including phenoxy) is 1. The van der Waals surface area contributed by atoms with E-state index in [2.05, 4.69) is 15.6 Å². The van der Waals surface area contributed by atoms with Crippen molar-refractivity contribution in [3.05, 3.63) is 63.6 Å². The number of amides is 2. The molecule has 1 atom stereocenters. The summed E-state index contributed by atoms with van der Waals surface area (Å²) in [6.07, 6.45) is -2.10. The molecule has 1 aliphatic rings. The van der Waals surface area contributed by atoms with E-state index in [-0.39, 0.29) is 0 Å². The first kappa shape index (κ1) is 18.2. The number of nitrogens with zero attached hydrogens (tertiary/aromatic N) is 1. The van der Waals surface area contributed by atoms with Gasteiger partial charge in [0.1, 0.15) is 0 Å². The van der Waals surface area contributed by atoms with Crippen molar-refractivity contribution in [2.24, 2.45) is 4.99 Å². The third kappa shape index (κ3) is 3.81. The molecule has 1 heterocycles. The van der Waals surface area contributed by atoms with Gasteiger partial charge >= 0.3 is 6.09 Å². The summed E-state index contributed by atoms with van der Waals surface area (Å²) >= 11 is 12.4. The number of hydrogen-bond acceptors (Lipinski definition) is 4. The monoisotopic (exact) mass is 391 g/mol. The van der Waals surface area contributed by atoms with E-state index in [4.69, 9.17) is 27.9 Å². The topological polar surface area (TPSA) is 79.8 Å². The molecule has 0 saturated carbocycles. The molecule has 8 heteroatoms. The SMILES string of the molecule is CCNC(=O)OC1N=C(c2ccccc2Cl)c2cc(Cl)ccc2NC1=O. The first-order chi connectivity index (χ1) is 12.5. The van der Waals surface area contributed by atoms with E-state index in [1.54, 1.807) is 49.4 Å². The van der Waals surface area contributed by atoms with E-state index in [1.165, 1.54) is 0 Å². The number of anilines is 1. The van der Waals surface area contributed by atoms with Crippen molar-refractivity contribution in [3.63, 3.8) is 0 Å². The van der Waals surface area contributed by atoms with Crippen molar-refractivity contribution in [3.8, 4) is 0 Å². The molecule has 0 saturated heterocycles. The predicted octanol–water partition coefficient (Wildman–Crippen LogP) is 3.86. The number of hydrogen-bond donors (Lipinski definition) is 2. The Labute approximate surface area is 160 Å². The zero-order valence-electron chi connectivity index (χ0n) is 13.8. The van der Waals surface area contributed by atoms with Crippen molar-refractivity contribution in [1.82, 2.24) is 5.32 Å². The van der Waals surface area contributed by atoms with Crippen LogP contribution in [0.5, 0.6) is 0 Å². The molecule has 2 aromatic rings. The van der Waals surface area contributed by atoms with Gasteiger partial charge in [0.05, 0.1) is 11.4 Å². The van der Waals surface area contributed by atoms with Crippen LogP contribution in [-0.2, 0) is 9.53 Å². The summed E-state index contributed by atoms with van der Waals surface area (Å²) in [4.78, 5) is 28.6. The van der Waals surface area contributed by atoms with Gasteiger partial charge in [-0.25, -0.2) is 9.79 Å². The lowest BCUT2D eigenvalue weighted by Crippen LogP contribution is -2.35. The fraction of sp³-hybridized carbons (Fsp3) is 0.167. The summed E-state index contributed by atoms with van der Waals surface area (Å²) < 4.78 is 5.15. The van der Waals surface area contributed by atoms with Crippen LogP contribution in [0.15, 0.2) is 47.5 Å². The van der Waals surface area contributed by atoms with Gasteiger partial charge in [0.2, 0.25) is 0 Å². The molecule has 6 nitrogen and oxygen atoms in total. The highest BCUT2D eigenvalue weighted by Gasteiger charge is 2.29. The van der Waals surface area contributed by atoms with E-state index in [0.717, 1.165) is 0 Å². The molecule has 0 spiro atoms. The quantitative estimate of drug-likeness (QED) is 0.833. The first-order valence-electron chi connectivity index (χ1n) is 7.87. The number of benzene rings is 2. The van der Waals surface area contributed by atoms with Gasteiger partial charge in [0.15, 0.2) is 0 Å². The summed E-state index contributed by atoms with van der Waals surface area (Å²) in [6, 6.07) is 12.1. The number of carbonyl (C=O) groups excluding carboxylic acids is 2. The van der Waals surface area contributed by atoms with Gasteiger partial charge in [-0.1, -0.05) is 41.4 Å². The Morgan fingerprint density at radius 2 is 2.00 bits per heavy atom. The van der Waals surface area contributed by atoms with Gasteiger partial charge in [-0.05, 0) is 31.2 Å². The molecule has 2 amide bonds. The first-order valence-corrected chi connectivity index (χ1v) is 8.63. The molecule has 134 valence electrons. The van der Waals surface area contributed by atoms with E-state index >= 15 is 0 Å². The molecule has 0 fully saturated rings. The normalized spacial score (nSPS) is 16.0. The standard InChI is InChI=1S/C18H15Cl2N3O3/c1-2-21-18(25)26-17-16(24)22-14-8-7-10(19)9-12(14)15(23-17)11-5-3-4-6-13(11)20/h3-9,17H,2H2,1H3,(H,21,25)(H,22,24). The average Bonchev–Trinajstić information content (AvgIpc) is 2.73. The van der Waals surface area contributed by atoms with E-state index < -0.39 is 18.2 Å². The molecule has 0 bridgehead atoms. The average molecular weight is 392 g/mol. The van der Waals surface area contributed by atoms with E-state index in [1.807, 2.05) is 0 Å². The third-order valence-corrected chi connectivity index (χ3v) is 4.20. The fourth-order valence-electron chi connectivity index (χ4n) is 2.50. The van der Waals surface area contributed by atoms with Crippen LogP contribution in [0.3, 0.4) is 0 Å². The van der Waals surface area contributed by atoms with Gasteiger partial charge in [-0.15, -0.1) is 0 Å². The highest BCUT2D eigenvalue weighted by Crippen LogP contribution is 2.29. The lowest BCUT2D eigenvalue weighted by molar-refractivity contribution is -0.123. The molecule has 2 N–H and O–H groups in total. The van der Waals surface area contributed by atoms with Gasteiger partial charge in [-0.3, -0.25) is 4.79 Å². The number of halogens is 2. The zero-order valence-corrected chi connectivity index (χ0v) is 15.3. The Morgan fingerprint density at radius 3 is 2.73 bits per heavy atom. The number of carbonyl (C=O) groups is 2. The second-order valence-corrected chi connectivity index (χ2v) is 6.27. The van der Waals surface area contributed by atoms with E-state index in [0.29, 0.717) is 39.1 Å². The summed E-state index contributed by atoms with van der Waals surface area (Å²) in [5.41, 5.74) is 2.08. The van der Waals surface area contributed by atoms with Crippen LogP contribution < -0.4 is 10.6 Å². The molecule has 0 aliphatic carbocycles. The molecular weight excluding hydrogens is 377 g/mol. The largest absolute Gasteiger partial charge is 0.414 e.